The molecule has 5 rings (SSSR count). The average Bonchev–Trinajstić information content (AvgIpc) is 3.25. The van der Waals surface area contributed by atoms with Gasteiger partial charge in [-0.3, -0.25) is 4.79 Å². The fourth-order valence-electron chi connectivity index (χ4n) is 5.21. The van der Waals surface area contributed by atoms with Crippen LogP contribution in [0, 0.1) is 0 Å². The highest BCUT2D eigenvalue weighted by Crippen LogP contribution is 2.45. The highest BCUT2D eigenvalue weighted by molar-refractivity contribution is 6.24. The Morgan fingerprint density at radius 1 is 1.10 bits per heavy atom. The van der Waals surface area contributed by atoms with Crippen LogP contribution in [0.3, 0.4) is 0 Å². The summed E-state index contributed by atoms with van der Waals surface area (Å²) in [6.45, 7) is 9.31. The summed E-state index contributed by atoms with van der Waals surface area (Å²) in [5.41, 5.74) is 7.61. The van der Waals surface area contributed by atoms with Crippen LogP contribution >= 0.6 is 0 Å². The second-order valence-electron chi connectivity index (χ2n) is 11.1. The fourth-order valence-corrected chi connectivity index (χ4v) is 5.21. The van der Waals surface area contributed by atoms with E-state index in [1.165, 1.54) is 6.20 Å². The van der Waals surface area contributed by atoms with Gasteiger partial charge in [-0.05, 0) is 32.9 Å². The second-order valence-corrected chi connectivity index (χ2v) is 11.1. The first-order chi connectivity index (χ1) is 18.7. The molecule has 1 spiro atoms. The lowest BCUT2D eigenvalue weighted by molar-refractivity contribution is -0.111. The third-order valence-corrected chi connectivity index (χ3v) is 7.16. The quantitative estimate of drug-likeness (QED) is 0.566. The van der Waals surface area contributed by atoms with Crippen molar-refractivity contribution in [2.45, 2.75) is 51.2 Å². The summed E-state index contributed by atoms with van der Waals surface area (Å²) in [4.78, 5) is 38.2. The standard InChI is InChI=1S/C28H36N6O5/c1-27(2,3)39-26(36)34-9-5-28(6-10-34)17-19-15-21(22(16-23(19)38-28)33-11-13-37-14-12-33)32-25(35)20(18-29)24-30-7-4-8-31-24/h4,7-8,15-16,18H,5-6,9-14,17,29H2,1-3H3,(H,32,35). The van der Waals surface area contributed by atoms with E-state index in [2.05, 4.69) is 20.2 Å². The minimum Gasteiger partial charge on any atom is -0.486 e. The van der Waals surface area contributed by atoms with Crippen molar-refractivity contribution in [3.8, 4) is 5.75 Å². The molecule has 1 aromatic heterocycles. The van der Waals surface area contributed by atoms with Crippen LogP contribution in [-0.2, 0) is 20.7 Å². The third kappa shape index (κ3) is 5.93. The number of amides is 2. The number of piperidine rings is 1. The number of hydrogen-bond acceptors (Lipinski definition) is 9. The Balaban J connectivity index is 1.37. The molecule has 3 N–H and O–H groups in total. The van der Waals surface area contributed by atoms with E-state index in [1.54, 1.807) is 23.4 Å². The molecule has 208 valence electrons. The van der Waals surface area contributed by atoms with Crippen molar-refractivity contribution in [2.75, 3.05) is 49.6 Å². The molecule has 2 fully saturated rings. The molecular formula is C28H36N6O5. The summed E-state index contributed by atoms with van der Waals surface area (Å²) in [7, 11) is 0. The van der Waals surface area contributed by atoms with Crippen molar-refractivity contribution in [2.24, 2.45) is 5.73 Å². The number of carbonyl (C=O) groups excluding carboxylic acids is 2. The van der Waals surface area contributed by atoms with Gasteiger partial charge in [0.1, 0.15) is 17.0 Å². The number of hydrogen-bond donors (Lipinski definition) is 2. The van der Waals surface area contributed by atoms with Gasteiger partial charge in [-0.1, -0.05) is 0 Å². The van der Waals surface area contributed by atoms with Gasteiger partial charge in [0.2, 0.25) is 0 Å². The number of nitrogens with two attached hydrogens (primary N) is 1. The smallest absolute Gasteiger partial charge is 0.410 e. The van der Waals surface area contributed by atoms with Gasteiger partial charge >= 0.3 is 6.09 Å². The monoisotopic (exact) mass is 536 g/mol. The van der Waals surface area contributed by atoms with Crippen LogP contribution in [0.2, 0.25) is 0 Å². The summed E-state index contributed by atoms with van der Waals surface area (Å²) in [6.07, 6.45) is 6.15. The zero-order valence-corrected chi connectivity index (χ0v) is 22.7. The van der Waals surface area contributed by atoms with E-state index in [1.807, 2.05) is 32.9 Å². The molecule has 2 amide bonds. The number of carbonyl (C=O) groups is 2. The number of benzene rings is 1. The van der Waals surface area contributed by atoms with Gasteiger partial charge in [-0.25, -0.2) is 14.8 Å². The molecular weight excluding hydrogens is 500 g/mol. The molecule has 2 saturated heterocycles. The number of nitrogens with one attached hydrogen (secondary N) is 1. The lowest BCUT2D eigenvalue weighted by atomic mass is 9.87. The van der Waals surface area contributed by atoms with Crippen molar-refractivity contribution in [3.63, 3.8) is 0 Å². The van der Waals surface area contributed by atoms with Crippen LogP contribution in [0.4, 0.5) is 16.2 Å². The second kappa shape index (κ2) is 10.7. The Labute approximate surface area is 228 Å². The zero-order valence-electron chi connectivity index (χ0n) is 22.7. The average molecular weight is 537 g/mol. The maximum absolute atomic E-state index is 13.3. The van der Waals surface area contributed by atoms with Crippen molar-refractivity contribution in [3.05, 3.63) is 48.2 Å². The summed E-state index contributed by atoms with van der Waals surface area (Å²) in [5.74, 6) is 0.671. The zero-order chi connectivity index (χ0) is 27.6. The van der Waals surface area contributed by atoms with E-state index in [0.29, 0.717) is 64.3 Å². The molecule has 0 aliphatic carbocycles. The van der Waals surface area contributed by atoms with Crippen LogP contribution in [-0.4, -0.2) is 77.5 Å². The Bertz CT molecular complexity index is 1250. The Morgan fingerprint density at radius 2 is 1.79 bits per heavy atom. The normalized spacial score (nSPS) is 18.9. The summed E-state index contributed by atoms with van der Waals surface area (Å²) in [6, 6.07) is 5.68. The van der Waals surface area contributed by atoms with Crippen LogP contribution in [0.1, 0.15) is 45.0 Å². The number of ether oxygens (including phenoxy) is 3. The molecule has 1 aromatic carbocycles. The molecule has 0 unspecified atom stereocenters. The van der Waals surface area contributed by atoms with E-state index in [9.17, 15) is 9.59 Å². The number of anilines is 2. The number of rotatable bonds is 4. The minimum atomic E-state index is -0.533. The van der Waals surface area contributed by atoms with Crippen molar-refractivity contribution < 1.29 is 23.8 Å². The van der Waals surface area contributed by atoms with E-state index in [4.69, 9.17) is 19.9 Å². The first kappa shape index (κ1) is 26.7. The molecule has 11 heteroatoms. The maximum atomic E-state index is 13.3. The first-order valence-electron chi connectivity index (χ1n) is 13.3. The van der Waals surface area contributed by atoms with Gasteiger partial charge in [0, 0.05) is 75.7 Å². The SMILES string of the molecule is CC(C)(C)OC(=O)N1CCC2(CC1)Cc1cc(NC(=O)C(=CN)c3ncccn3)c(N3CCOCC3)cc1O2. The van der Waals surface area contributed by atoms with Gasteiger partial charge in [0.05, 0.1) is 30.2 Å². The summed E-state index contributed by atoms with van der Waals surface area (Å²) < 4.78 is 17.7. The van der Waals surface area contributed by atoms with Gasteiger partial charge in [0.15, 0.2) is 5.82 Å². The van der Waals surface area contributed by atoms with Crippen LogP contribution in [0.5, 0.6) is 5.75 Å². The van der Waals surface area contributed by atoms with Crippen molar-refractivity contribution >= 4 is 28.9 Å². The molecule has 3 aliphatic heterocycles. The van der Waals surface area contributed by atoms with Crippen LogP contribution in [0.25, 0.3) is 5.57 Å². The number of likely N-dealkylation sites (tertiary alicyclic amines) is 1. The molecule has 3 aliphatic rings. The van der Waals surface area contributed by atoms with E-state index in [0.717, 1.165) is 17.0 Å². The van der Waals surface area contributed by atoms with Gasteiger partial charge < -0.3 is 35.1 Å². The van der Waals surface area contributed by atoms with Crippen molar-refractivity contribution in [1.82, 2.24) is 14.9 Å². The highest BCUT2D eigenvalue weighted by atomic mass is 16.6. The molecule has 0 bridgehead atoms. The number of nitrogens with zero attached hydrogens (tertiary/aromatic N) is 4. The van der Waals surface area contributed by atoms with Gasteiger partial charge in [-0.2, -0.15) is 0 Å². The van der Waals surface area contributed by atoms with Crippen molar-refractivity contribution in [1.29, 1.82) is 0 Å². The number of morpholine rings is 1. The Hall–Kier alpha value is -3.86. The highest BCUT2D eigenvalue weighted by Gasteiger charge is 2.44. The topological polar surface area (TPSA) is 132 Å². The largest absolute Gasteiger partial charge is 0.486 e. The minimum absolute atomic E-state index is 0.186. The first-order valence-corrected chi connectivity index (χ1v) is 13.3. The van der Waals surface area contributed by atoms with Gasteiger partial charge in [-0.15, -0.1) is 0 Å². The molecule has 4 heterocycles. The predicted octanol–water partition coefficient (Wildman–Crippen LogP) is 2.96. The number of fused-ring (bicyclic) bond motifs is 1. The van der Waals surface area contributed by atoms with E-state index < -0.39 is 17.1 Å². The molecule has 2 aromatic rings. The third-order valence-electron chi connectivity index (χ3n) is 7.16. The van der Waals surface area contributed by atoms with E-state index in [-0.39, 0.29) is 17.5 Å². The molecule has 0 radical (unpaired) electrons. The lowest BCUT2D eigenvalue weighted by Crippen LogP contribution is -2.50. The predicted molar refractivity (Wildman–Crippen MR) is 146 cm³/mol. The fraction of sp³-hybridized carbons (Fsp3) is 0.500. The van der Waals surface area contributed by atoms with Crippen LogP contribution in [0.15, 0.2) is 36.8 Å². The Morgan fingerprint density at radius 3 is 2.44 bits per heavy atom. The summed E-state index contributed by atoms with van der Waals surface area (Å²) >= 11 is 0. The molecule has 0 saturated carbocycles. The lowest BCUT2D eigenvalue weighted by Gasteiger charge is -2.39. The molecule has 11 nitrogen and oxygen atoms in total. The summed E-state index contributed by atoms with van der Waals surface area (Å²) in [5, 5.41) is 3.05. The molecule has 39 heavy (non-hydrogen) atoms. The maximum Gasteiger partial charge on any atom is 0.410 e. The molecule has 0 atom stereocenters. The Kier molecular flexibility index (Phi) is 7.35. The van der Waals surface area contributed by atoms with Gasteiger partial charge in [0.25, 0.3) is 5.91 Å². The number of aromatic nitrogens is 2. The van der Waals surface area contributed by atoms with Crippen LogP contribution < -0.4 is 20.7 Å². The van der Waals surface area contributed by atoms with E-state index >= 15 is 0 Å².